The van der Waals surface area contributed by atoms with Gasteiger partial charge in [-0.2, -0.15) is 0 Å². The maximum atomic E-state index is 5.73. The molecule has 3 rings (SSSR count). The topological polar surface area (TPSA) is 80.5 Å². The van der Waals surface area contributed by atoms with Crippen molar-refractivity contribution in [3.8, 4) is 0 Å². The molecule has 0 bridgehead atoms. The second-order valence-corrected chi connectivity index (χ2v) is 4.72. The van der Waals surface area contributed by atoms with Crippen molar-refractivity contribution in [2.45, 2.75) is 10.9 Å². The van der Waals surface area contributed by atoms with E-state index < -0.39 is 0 Å². The number of rotatable bonds is 3. The summed E-state index contributed by atoms with van der Waals surface area (Å²) in [6.07, 6.45) is 3.46. The van der Waals surface area contributed by atoms with Crippen molar-refractivity contribution < 1.29 is 0 Å². The number of anilines is 1. The number of nitrogens with one attached hydrogen (secondary N) is 1. The molecule has 0 saturated heterocycles. The third kappa shape index (κ3) is 2.28. The highest BCUT2D eigenvalue weighted by molar-refractivity contribution is 7.98. The Morgan fingerprint density at radius 3 is 2.89 bits per heavy atom. The molecule has 0 atom stereocenters. The van der Waals surface area contributed by atoms with Gasteiger partial charge in [0, 0.05) is 18.1 Å². The molecule has 0 aliphatic rings. The molecule has 0 aliphatic carbocycles. The second-order valence-electron chi connectivity index (χ2n) is 3.78. The average Bonchev–Trinajstić information content (AvgIpc) is 2.79. The third-order valence-corrected chi connectivity index (χ3v) is 3.32. The first-order valence-corrected chi connectivity index (χ1v) is 6.44. The molecule has 0 radical (unpaired) electrons. The largest absolute Gasteiger partial charge is 0.399 e. The van der Waals surface area contributed by atoms with E-state index in [0.717, 1.165) is 27.7 Å². The molecule has 0 fully saturated rings. The van der Waals surface area contributed by atoms with Crippen LogP contribution < -0.4 is 5.73 Å². The molecule has 2 aromatic heterocycles. The summed E-state index contributed by atoms with van der Waals surface area (Å²) in [6, 6.07) is 7.44. The number of aromatic nitrogens is 4. The number of fused-ring (bicyclic) bond motifs is 1. The monoisotopic (exact) mass is 257 g/mol. The number of nitrogen functional groups attached to an aromatic ring is 1. The zero-order chi connectivity index (χ0) is 12.4. The maximum absolute atomic E-state index is 5.73. The molecule has 2 heterocycles. The molecular weight excluding hydrogens is 246 g/mol. The predicted molar refractivity (Wildman–Crippen MR) is 72.1 cm³/mol. The van der Waals surface area contributed by atoms with Crippen molar-refractivity contribution in [3.05, 3.63) is 42.5 Å². The summed E-state index contributed by atoms with van der Waals surface area (Å²) in [4.78, 5) is 16.0. The summed E-state index contributed by atoms with van der Waals surface area (Å²) in [5, 5.41) is 0.748. The summed E-state index contributed by atoms with van der Waals surface area (Å²) in [5.74, 6) is 1.60. The Bertz CT molecular complexity index is 665. The van der Waals surface area contributed by atoms with Gasteiger partial charge in [-0.3, -0.25) is 0 Å². The van der Waals surface area contributed by atoms with Crippen LogP contribution >= 0.6 is 11.8 Å². The van der Waals surface area contributed by atoms with E-state index in [4.69, 9.17) is 5.73 Å². The first-order chi connectivity index (χ1) is 8.81. The van der Waals surface area contributed by atoms with Crippen LogP contribution in [0.1, 0.15) is 5.82 Å². The molecule has 3 N–H and O–H groups in total. The van der Waals surface area contributed by atoms with E-state index in [9.17, 15) is 0 Å². The number of benzene rings is 1. The lowest BCUT2D eigenvalue weighted by Gasteiger charge is -1.95. The van der Waals surface area contributed by atoms with Crippen molar-refractivity contribution in [2.75, 3.05) is 5.73 Å². The molecule has 0 saturated carbocycles. The molecular formula is C12H11N5S. The molecule has 18 heavy (non-hydrogen) atoms. The van der Waals surface area contributed by atoms with Crippen molar-refractivity contribution in [1.82, 2.24) is 19.9 Å². The zero-order valence-electron chi connectivity index (χ0n) is 9.50. The summed E-state index contributed by atoms with van der Waals surface area (Å²) < 4.78 is 0. The molecule has 3 aromatic rings. The molecule has 90 valence electrons. The minimum absolute atomic E-state index is 0.707. The van der Waals surface area contributed by atoms with Crippen LogP contribution in [-0.2, 0) is 5.75 Å². The van der Waals surface area contributed by atoms with Gasteiger partial charge in [0.15, 0.2) is 5.16 Å². The first-order valence-electron chi connectivity index (χ1n) is 5.45. The number of thioether (sulfide) groups is 1. The highest BCUT2D eigenvalue weighted by Crippen LogP contribution is 2.20. The van der Waals surface area contributed by atoms with Crippen LogP contribution in [-0.4, -0.2) is 19.9 Å². The average molecular weight is 257 g/mol. The number of nitrogens with two attached hydrogens (primary N) is 1. The van der Waals surface area contributed by atoms with Crippen LogP contribution in [0.15, 0.2) is 41.8 Å². The normalized spacial score (nSPS) is 10.9. The molecule has 0 unspecified atom stereocenters. The van der Waals surface area contributed by atoms with Gasteiger partial charge in [-0.1, -0.05) is 11.8 Å². The van der Waals surface area contributed by atoms with Crippen molar-refractivity contribution >= 4 is 28.5 Å². The highest BCUT2D eigenvalue weighted by Gasteiger charge is 2.04. The maximum Gasteiger partial charge on any atom is 0.187 e. The minimum Gasteiger partial charge on any atom is -0.399 e. The van der Waals surface area contributed by atoms with Gasteiger partial charge in [-0.15, -0.1) is 0 Å². The fraction of sp³-hybridized carbons (Fsp3) is 0.0833. The van der Waals surface area contributed by atoms with E-state index in [1.54, 1.807) is 30.2 Å². The van der Waals surface area contributed by atoms with Gasteiger partial charge in [-0.05, 0) is 24.3 Å². The molecule has 6 heteroatoms. The molecule has 0 amide bonds. The Kier molecular flexibility index (Phi) is 2.85. The molecule has 5 nitrogen and oxygen atoms in total. The van der Waals surface area contributed by atoms with Crippen LogP contribution in [0.3, 0.4) is 0 Å². The van der Waals surface area contributed by atoms with Gasteiger partial charge in [0.25, 0.3) is 0 Å². The number of H-pyrrole nitrogens is 1. The Morgan fingerprint density at radius 2 is 2.06 bits per heavy atom. The van der Waals surface area contributed by atoms with Crippen molar-refractivity contribution in [3.63, 3.8) is 0 Å². The Balaban J connectivity index is 1.79. The van der Waals surface area contributed by atoms with E-state index >= 15 is 0 Å². The number of aromatic amines is 1. The first kappa shape index (κ1) is 11.0. The second kappa shape index (κ2) is 4.66. The lowest BCUT2D eigenvalue weighted by Crippen LogP contribution is -1.87. The fourth-order valence-corrected chi connectivity index (χ4v) is 2.31. The van der Waals surface area contributed by atoms with Gasteiger partial charge in [-0.25, -0.2) is 15.0 Å². The molecule has 0 aliphatic heterocycles. The third-order valence-electron chi connectivity index (χ3n) is 2.44. The summed E-state index contributed by atoms with van der Waals surface area (Å²) >= 11 is 1.55. The van der Waals surface area contributed by atoms with E-state index in [1.807, 2.05) is 18.2 Å². The fourth-order valence-electron chi connectivity index (χ4n) is 1.64. The lowest BCUT2D eigenvalue weighted by atomic mass is 10.3. The van der Waals surface area contributed by atoms with Crippen LogP contribution in [0.5, 0.6) is 0 Å². The minimum atomic E-state index is 0.707. The van der Waals surface area contributed by atoms with Crippen LogP contribution in [0.25, 0.3) is 11.0 Å². The Morgan fingerprint density at radius 1 is 1.22 bits per heavy atom. The van der Waals surface area contributed by atoms with E-state index in [-0.39, 0.29) is 0 Å². The molecule has 1 aromatic carbocycles. The number of nitrogens with zero attached hydrogens (tertiary/aromatic N) is 3. The summed E-state index contributed by atoms with van der Waals surface area (Å²) in [7, 11) is 0. The lowest BCUT2D eigenvalue weighted by molar-refractivity contribution is 0.963. The van der Waals surface area contributed by atoms with E-state index in [0.29, 0.717) is 5.75 Å². The van der Waals surface area contributed by atoms with Gasteiger partial charge in [0.05, 0.1) is 16.8 Å². The van der Waals surface area contributed by atoms with Gasteiger partial charge in [0.1, 0.15) is 5.82 Å². The SMILES string of the molecule is Nc1ccc2nc(CSc3ncccn3)[nH]c2c1. The van der Waals surface area contributed by atoms with E-state index in [1.165, 1.54) is 0 Å². The van der Waals surface area contributed by atoms with Crippen molar-refractivity contribution in [2.24, 2.45) is 0 Å². The van der Waals surface area contributed by atoms with Gasteiger partial charge < -0.3 is 10.7 Å². The van der Waals surface area contributed by atoms with E-state index in [2.05, 4.69) is 19.9 Å². The summed E-state index contributed by atoms with van der Waals surface area (Å²) in [6.45, 7) is 0. The predicted octanol–water partition coefficient (Wildman–Crippen LogP) is 2.23. The van der Waals surface area contributed by atoms with Crippen LogP contribution in [0, 0.1) is 0 Å². The Labute approximate surface area is 108 Å². The quantitative estimate of drug-likeness (QED) is 0.427. The van der Waals surface area contributed by atoms with Crippen LogP contribution in [0.4, 0.5) is 5.69 Å². The highest BCUT2D eigenvalue weighted by atomic mass is 32.2. The van der Waals surface area contributed by atoms with Crippen molar-refractivity contribution in [1.29, 1.82) is 0 Å². The number of hydrogen-bond acceptors (Lipinski definition) is 5. The Hall–Kier alpha value is -2.08. The smallest absolute Gasteiger partial charge is 0.187 e. The van der Waals surface area contributed by atoms with Gasteiger partial charge in [0.2, 0.25) is 0 Å². The number of imidazole rings is 1. The molecule has 0 spiro atoms. The zero-order valence-corrected chi connectivity index (χ0v) is 10.3. The van der Waals surface area contributed by atoms with Crippen LogP contribution in [0.2, 0.25) is 0 Å². The number of hydrogen-bond donors (Lipinski definition) is 2. The van der Waals surface area contributed by atoms with Gasteiger partial charge >= 0.3 is 0 Å². The standard InChI is InChI=1S/C12H11N5S/c13-8-2-3-9-10(6-8)17-11(16-9)7-18-12-14-4-1-5-15-12/h1-6H,7,13H2,(H,16,17). The summed E-state index contributed by atoms with van der Waals surface area (Å²) in [5.41, 5.74) is 8.34.